The fraction of sp³-hybridized carbons (Fsp3) is 0.429. The lowest BCUT2D eigenvalue weighted by Crippen LogP contribution is -2.30. The van der Waals surface area contributed by atoms with Crippen LogP contribution in [0.1, 0.15) is 22.3 Å². The van der Waals surface area contributed by atoms with Crippen LogP contribution in [0.25, 0.3) is 0 Å². The van der Waals surface area contributed by atoms with E-state index in [2.05, 4.69) is 27.9 Å². The Morgan fingerprint density at radius 2 is 2.30 bits per heavy atom. The number of nitrogens with zero attached hydrogens (tertiary/aromatic N) is 1. The average molecular weight is 388 g/mol. The first kappa shape index (κ1) is 15.1. The molecule has 0 atom stereocenters. The summed E-state index contributed by atoms with van der Waals surface area (Å²) in [5, 5.41) is 2.88. The van der Waals surface area contributed by atoms with Gasteiger partial charge in [0.15, 0.2) is 0 Å². The number of carbonyl (C=O) groups is 2. The molecule has 1 aliphatic rings. The predicted octanol–water partition coefficient (Wildman–Crippen LogP) is 2.17. The van der Waals surface area contributed by atoms with E-state index >= 15 is 0 Å². The minimum Gasteiger partial charge on any atom is -0.448 e. The highest BCUT2D eigenvalue weighted by atomic mass is 127. The van der Waals surface area contributed by atoms with Gasteiger partial charge in [-0.15, -0.1) is 0 Å². The van der Waals surface area contributed by atoms with Crippen LogP contribution in [0.15, 0.2) is 18.2 Å². The molecular weight excluding hydrogens is 371 g/mol. The number of ether oxygens (including phenoxy) is 1. The van der Waals surface area contributed by atoms with E-state index in [-0.39, 0.29) is 12.0 Å². The molecule has 1 aromatic carbocycles. The first-order valence-corrected chi connectivity index (χ1v) is 7.62. The molecular formula is C14H17IN2O3. The second kappa shape index (κ2) is 6.92. The number of nitrogens with one attached hydrogen (secondary N) is 1. The van der Waals surface area contributed by atoms with Crippen molar-refractivity contribution in [2.24, 2.45) is 0 Å². The Bertz CT molecular complexity index is 519. The summed E-state index contributed by atoms with van der Waals surface area (Å²) in [6, 6.07) is 5.80. The smallest absolute Gasteiger partial charge is 0.409 e. The van der Waals surface area contributed by atoms with Crippen LogP contribution in [0.4, 0.5) is 4.79 Å². The van der Waals surface area contributed by atoms with Crippen LogP contribution < -0.4 is 5.32 Å². The van der Waals surface area contributed by atoms with E-state index < -0.39 is 0 Å². The zero-order chi connectivity index (χ0) is 14.5. The Morgan fingerprint density at radius 1 is 1.50 bits per heavy atom. The Balaban J connectivity index is 1.77. The van der Waals surface area contributed by atoms with Gasteiger partial charge in [-0.1, -0.05) is 11.6 Å². The van der Waals surface area contributed by atoms with E-state index in [0.29, 0.717) is 31.8 Å². The molecule has 1 aliphatic heterocycles. The number of hydrogen-bond acceptors (Lipinski definition) is 3. The maximum atomic E-state index is 12.1. The van der Waals surface area contributed by atoms with Crippen LogP contribution in [0, 0.1) is 10.5 Å². The normalized spacial score (nSPS) is 14.3. The third kappa shape index (κ3) is 3.84. The molecule has 0 aromatic heterocycles. The summed E-state index contributed by atoms with van der Waals surface area (Å²) in [5.41, 5.74) is 1.77. The van der Waals surface area contributed by atoms with Crippen molar-refractivity contribution in [3.63, 3.8) is 0 Å². The van der Waals surface area contributed by atoms with Gasteiger partial charge in [-0.25, -0.2) is 4.79 Å². The molecule has 1 fully saturated rings. The highest BCUT2D eigenvalue weighted by Gasteiger charge is 2.20. The van der Waals surface area contributed by atoms with Crippen molar-refractivity contribution in [1.29, 1.82) is 0 Å². The number of benzene rings is 1. The number of aryl methyl sites for hydroxylation is 1. The van der Waals surface area contributed by atoms with Crippen LogP contribution in [-0.2, 0) is 4.74 Å². The zero-order valence-electron chi connectivity index (χ0n) is 11.3. The Kier molecular flexibility index (Phi) is 5.22. The fourth-order valence-corrected chi connectivity index (χ4v) is 2.59. The number of hydrogen-bond donors (Lipinski definition) is 1. The lowest BCUT2D eigenvalue weighted by Gasteiger charge is -2.12. The maximum absolute atomic E-state index is 12.1. The molecule has 0 aliphatic carbocycles. The van der Waals surface area contributed by atoms with Gasteiger partial charge in [-0.05, 0) is 48.1 Å². The lowest BCUT2D eigenvalue weighted by atomic mass is 10.1. The monoisotopic (exact) mass is 388 g/mol. The van der Waals surface area contributed by atoms with Crippen LogP contribution in [0.3, 0.4) is 0 Å². The van der Waals surface area contributed by atoms with Gasteiger partial charge < -0.3 is 15.0 Å². The van der Waals surface area contributed by atoms with E-state index in [4.69, 9.17) is 4.74 Å². The Labute approximate surface area is 131 Å². The van der Waals surface area contributed by atoms with Crippen LogP contribution in [0.2, 0.25) is 0 Å². The molecule has 2 rings (SSSR count). The highest BCUT2D eigenvalue weighted by Crippen LogP contribution is 2.14. The summed E-state index contributed by atoms with van der Waals surface area (Å²) in [6.07, 6.45) is 0.466. The molecule has 1 heterocycles. The van der Waals surface area contributed by atoms with Crippen molar-refractivity contribution in [2.45, 2.75) is 13.3 Å². The third-order valence-corrected chi connectivity index (χ3v) is 4.04. The third-order valence-electron chi connectivity index (χ3n) is 3.10. The summed E-state index contributed by atoms with van der Waals surface area (Å²) in [5.74, 6) is -0.0675. The van der Waals surface area contributed by atoms with Gasteiger partial charge in [-0.2, -0.15) is 0 Å². The summed E-state index contributed by atoms with van der Waals surface area (Å²) >= 11 is 2.16. The second-order valence-corrected chi connectivity index (χ2v) is 5.86. The second-order valence-electron chi connectivity index (χ2n) is 4.69. The van der Waals surface area contributed by atoms with Gasteiger partial charge in [0.05, 0.1) is 12.1 Å². The molecule has 2 amide bonds. The molecule has 0 radical (unpaired) electrons. The van der Waals surface area contributed by atoms with Crippen molar-refractivity contribution in [3.8, 4) is 0 Å². The van der Waals surface area contributed by atoms with Gasteiger partial charge >= 0.3 is 6.09 Å². The average Bonchev–Trinajstić information content (AvgIpc) is 2.83. The molecule has 1 saturated heterocycles. The summed E-state index contributed by atoms with van der Waals surface area (Å²) in [7, 11) is 0. The van der Waals surface area contributed by atoms with Gasteiger partial charge in [0.2, 0.25) is 0 Å². The van der Waals surface area contributed by atoms with Gasteiger partial charge in [0, 0.05) is 16.7 Å². The largest absolute Gasteiger partial charge is 0.448 e. The first-order valence-electron chi connectivity index (χ1n) is 6.54. The minimum absolute atomic E-state index is 0.0675. The molecule has 1 aromatic rings. The topological polar surface area (TPSA) is 58.6 Å². The molecule has 0 bridgehead atoms. The Hall–Kier alpha value is -1.31. The van der Waals surface area contributed by atoms with Crippen molar-refractivity contribution >= 4 is 34.6 Å². The molecule has 0 unspecified atom stereocenters. The summed E-state index contributed by atoms with van der Waals surface area (Å²) in [6.45, 7) is 4.23. The molecule has 108 valence electrons. The lowest BCUT2D eigenvalue weighted by molar-refractivity contribution is 0.0951. The number of halogens is 1. The number of carbonyl (C=O) groups excluding carboxylic acids is 2. The molecule has 0 saturated carbocycles. The van der Waals surface area contributed by atoms with Crippen LogP contribution in [-0.4, -0.2) is 43.1 Å². The minimum atomic E-state index is -0.260. The van der Waals surface area contributed by atoms with Crippen molar-refractivity contribution in [3.05, 3.63) is 32.9 Å². The summed E-state index contributed by atoms with van der Waals surface area (Å²) < 4.78 is 5.78. The van der Waals surface area contributed by atoms with Gasteiger partial charge in [0.25, 0.3) is 5.91 Å². The maximum Gasteiger partial charge on any atom is 0.409 e. The van der Waals surface area contributed by atoms with E-state index in [1.54, 1.807) is 4.90 Å². The predicted molar refractivity (Wildman–Crippen MR) is 83.8 cm³/mol. The molecule has 0 spiro atoms. The standard InChI is InChI=1S/C14H17IN2O3/c1-10-3-4-12(15)11(9-10)13(18)16-5-2-6-17-7-8-20-14(17)19/h3-4,9H,2,5-8H2,1H3,(H,16,18). The van der Waals surface area contributed by atoms with Crippen molar-refractivity contribution in [2.75, 3.05) is 26.2 Å². The van der Waals surface area contributed by atoms with Gasteiger partial charge in [0.1, 0.15) is 6.61 Å². The fourth-order valence-electron chi connectivity index (χ4n) is 2.01. The number of rotatable bonds is 5. The van der Waals surface area contributed by atoms with Crippen molar-refractivity contribution in [1.82, 2.24) is 10.2 Å². The quantitative estimate of drug-likeness (QED) is 0.622. The SMILES string of the molecule is Cc1ccc(I)c(C(=O)NCCCN2CCOC2=O)c1. The van der Waals surface area contributed by atoms with E-state index in [9.17, 15) is 9.59 Å². The van der Waals surface area contributed by atoms with E-state index in [0.717, 1.165) is 15.6 Å². The van der Waals surface area contributed by atoms with Crippen molar-refractivity contribution < 1.29 is 14.3 Å². The van der Waals surface area contributed by atoms with Gasteiger partial charge in [-0.3, -0.25) is 4.79 Å². The first-order chi connectivity index (χ1) is 9.58. The zero-order valence-corrected chi connectivity index (χ0v) is 13.5. The molecule has 20 heavy (non-hydrogen) atoms. The highest BCUT2D eigenvalue weighted by molar-refractivity contribution is 14.1. The molecule has 1 N–H and O–H groups in total. The van der Waals surface area contributed by atoms with E-state index in [1.807, 2.05) is 25.1 Å². The van der Waals surface area contributed by atoms with Crippen LogP contribution in [0.5, 0.6) is 0 Å². The van der Waals surface area contributed by atoms with Crippen LogP contribution >= 0.6 is 22.6 Å². The number of cyclic esters (lactones) is 1. The molecule has 6 heteroatoms. The molecule has 5 nitrogen and oxygen atoms in total. The van der Waals surface area contributed by atoms with E-state index in [1.165, 1.54) is 0 Å². The Morgan fingerprint density at radius 3 is 3.00 bits per heavy atom. The summed E-state index contributed by atoms with van der Waals surface area (Å²) in [4.78, 5) is 24.9. The number of amides is 2.